The summed E-state index contributed by atoms with van der Waals surface area (Å²) in [5.74, 6) is -1.09. The molecule has 4 aromatic rings. The third kappa shape index (κ3) is 3.50. The lowest BCUT2D eigenvalue weighted by atomic mass is 10.1. The number of esters is 1. The Morgan fingerprint density at radius 3 is 2.52 bits per heavy atom. The molecule has 1 N–H and O–H groups in total. The minimum absolute atomic E-state index is 0.221. The molecule has 0 fully saturated rings. The molecule has 5 nitrogen and oxygen atoms in total. The Bertz CT molecular complexity index is 1170. The van der Waals surface area contributed by atoms with Crippen molar-refractivity contribution >= 4 is 51.1 Å². The largest absolute Gasteiger partial charge is 0.456 e. The van der Waals surface area contributed by atoms with Gasteiger partial charge in [0.25, 0.3) is 5.91 Å². The highest BCUT2D eigenvalue weighted by molar-refractivity contribution is 6.33. The van der Waals surface area contributed by atoms with E-state index in [1.54, 1.807) is 36.4 Å². The Hall–Kier alpha value is -3.31. The van der Waals surface area contributed by atoms with Gasteiger partial charge in [-0.2, -0.15) is 0 Å². The second-order valence-electron chi connectivity index (χ2n) is 5.91. The van der Waals surface area contributed by atoms with Crippen LogP contribution in [0.25, 0.3) is 21.9 Å². The van der Waals surface area contributed by atoms with Crippen LogP contribution in [0, 0.1) is 0 Å². The molecule has 1 aromatic heterocycles. The number of furan rings is 1. The van der Waals surface area contributed by atoms with Gasteiger partial charge in [0.1, 0.15) is 11.2 Å². The van der Waals surface area contributed by atoms with Crippen LogP contribution in [0.15, 0.2) is 71.1 Å². The Labute approximate surface area is 159 Å². The average molecular weight is 380 g/mol. The molecule has 0 atom stereocenters. The number of anilines is 1. The van der Waals surface area contributed by atoms with Crippen LogP contribution in [0.3, 0.4) is 0 Å². The standard InChI is InChI=1S/C21H14ClNO4/c22-17-7-3-1-6-15(17)21(25)26-12-20(24)23-13-9-10-19-16(11-13)14-5-2-4-8-18(14)27-19/h1-11H,12H2,(H,23,24). The van der Waals surface area contributed by atoms with Crippen LogP contribution in [0.2, 0.25) is 5.02 Å². The highest BCUT2D eigenvalue weighted by Crippen LogP contribution is 2.30. The van der Waals surface area contributed by atoms with Crippen LogP contribution in [-0.4, -0.2) is 18.5 Å². The summed E-state index contributed by atoms with van der Waals surface area (Å²) in [7, 11) is 0. The molecule has 0 saturated carbocycles. The fourth-order valence-electron chi connectivity index (χ4n) is 2.84. The van der Waals surface area contributed by atoms with Gasteiger partial charge < -0.3 is 14.5 Å². The Kier molecular flexibility index (Phi) is 4.52. The fourth-order valence-corrected chi connectivity index (χ4v) is 3.05. The van der Waals surface area contributed by atoms with E-state index in [0.29, 0.717) is 5.69 Å². The van der Waals surface area contributed by atoms with Gasteiger partial charge in [-0.15, -0.1) is 0 Å². The van der Waals surface area contributed by atoms with E-state index in [4.69, 9.17) is 20.8 Å². The van der Waals surface area contributed by atoms with E-state index in [1.165, 1.54) is 0 Å². The summed E-state index contributed by atoms with van der Waals surface area (Å²) >= 11 is 5.95. The molecule has 0 saturated heterocycles. The Balaban J connectivity index is 1.46. The number of nitrogens with one attached hydrogen (secondary N) is 1. The normalized spacial score (nSPS) is 10.9. The summed E-state index contributed by atoms with van der Waals surface area (Å²) in [4.78, 5) is 24.1. The summed E-state index contributed by atoms with van der Waals surface area (Å²) < 4.78 is 10.8. The number of rotatable bonds is 4. The van der Waals surface area contributed by atoms with Crippen molar-refractivity contribution in [3.05, 3.63) is 77.3 Å². The number of carbonyl (C=O) groups is 2. The summed E-state index contributed by atoms with van der Waals surface area (Å²) in [6.45, 7) is -0.409. The molecule has 0 aliphatic rings. The molecule has 0 radical (unpaired) electrons. The van der Waals surface area contributed by atoms with E-state index in [-0.39, 0.29) is 10.6 Å². The molecule has 3 aromatic carbocycles. The number of hydrogen-bond acceptors (Lipinski definition) is 4. The quantitative estimate of drug-likeness (QED) is 0.504. The van der Waals surface area contributed by atoms with Crippen LogP contribution in [0.5, 0.6) is 0 Å². The van der Waals surface area contributed by atoms with Crippen LogP contribution in [0.1, 0.15) is 10.4 Å². The van der Waals surface area contributed by atoms with Crippen molar-refractivity contribution in [2.45, 2.75) is 0 Å². The molecule has 27 heavy (non-hydrogen) atoms. The molecule has 0 bridgehead atoms. The van der Waals surface area contributed by atoms with Crippen molar-refractivity contribution < 1.29 is 18.7 Å². The number of para-hydroxylation sites is 1. The van der Waals surface area contributed by atoms with Gasteiger partial charge in [0.15, 0.2) is 6.61 Å². The lowest BCUT2D eigenvalue weighted by Gasteiger charge is -2.07. The smallest absolute Gasteiger partial charge is 0.340 e. The Morgan fingerprint density at radius 2 is 1.67 bits per heavy atom. The van der Waals surface area contributed by atoms with Crippen LogP contribution in [0.4, 0.5) is 5.69 Å². The third-order valence-electron chi connectivity index (χ3n) is 4.09. The van der Waals surface area contributed by atoms with Crippen LogP contribution >= 0.6 is 11.6 Å². The predicted molar refractivity (Wildman–Crippen MR) is 104 cm³/mol. The molecule has 0 unspecified atom stereocenters. The Morgan fingerprint density at radius 1 is 0.926 bits per heavy atom. The fraction of sp³-hybridized carbons (Fsp3) is 0.0476. The first-order chi connectivity index (χ1) is 13.1. The molecule has 1 amide bonds. The van der Waals surface area contributed by atoms with Gasteiger partial charge in [-0.25, -0.2) is 4.79 Å². The lowest BCUT2D eigenvalue weighted by molar-refractivity contribution is -0.119. The van der Waals surface area contributed by atoms with E-state index in [2.05, 4.69) is 5.32 Å². The number of hydrogen-bond donors (Lipinski definition) is 1. The summed E-state index contributed by atoms with van der Waals surface area (Å²) in [6.07, 6.45) is 0. The first kappa shape index (κ1) is 17.1. The van der Waals surface area contributed by atoms with Crippen molar-refractivity contribution in [1.29, 1.82) is 0 Å². The summed E-state index contributed by atoms with van der Waals surface area (Å²) in [5, 5.41) is 4.86. The molecule has 134 valence electrons. The molecule has 0 aliphatic heterocycles. The minimum Gasteiger partial charge on any atom is -0.456 e. The lowest BCUT2D eigenvalue weighted by Crippen LogP contribution is -2.21. The van der Waals surface area contributed by atoms with Gasteiger partial charge in [0, 0.05) is 16.5 Å². The van der Waals surface area contributed by atoms with Crippen molar-refractivity contribution in [1.82, 2.24) is 0 Å². The second-order valence-corrected chi connectivity index (χ2v) is 6.32. The topological polar surface area (TPSA) is 68.5 Å². The van der Waals surface area contributed by atoms with Gasteiger partial charge in [0.05, 0.1) is 10.6 Å². The van der Waals surface area contributed by atoms with Crippen molar-refractivity contribution in [3.63, 3.8) is 0 Å². The second kappa shape index (κ2) is 7.13. The van der Waals surface area contributed by atoms with Gasteiger partial charge in [0.2, 0.25) is 0 Å². The third-order valence-corrected chi connectivity index (χ3v) is 4.42. The van der Waals surface area contributed by atoms with Gasteiger partial charge in [-0.05, 0) is 36.4 Å². The van der Waals surface area contributed by atoms with Crippen LogP contribution in [-0.2, 0) is 9.53 Å². The molecule has 0 aliphatic carbocycles. The van der Waals surface area contributed by atoms with Gasteiger partial charge in [-0.3, -0.25) is 4.79 Å². The molecule has 4 rings (SSSR count). The maximum Gasteiger partial charge on any atom is 0.340 e. The highest BCUT2D eigenvalue weighted by atomic mass is 35.5. The number of fused-ring (bicyclic) bond motifs is 3. The SMILES string of the molecule is O=C(COC(=O)c1ccccc1Cl)Nc1ccc2oc3ccccc3c2c1. The summed E-state index contributed by atoms with van der Waals surface area (Å²) in [5.41, 5.74) is 2.33. The molecular formula is C21H14ClNO4. The van der Waals surface area contributed by atoms with E-state index in [0.717, 1.165) is 21.9 Å². The minimum atomic E-state index is -0.646. The first-order valence-electron chi connectivity index (χ1n) is 8.24. The number of benzene rings is 3. The number of halogens is 1. The van der Waals surface area contributed by atoms with E-state index in [1.807, 2.05) is 30.3 Å². The number of carbonyl (C=O) groups excluding carboxylic acids is 2. The molecular weight excluding hydrogens is 366 g/mol. The van der Waals surface area contributed by atoms with E-state index < -0.39 is 18.5 Å². The summed E-state index contributed by atoms with van der Waals surface area (Å²) in [6, 6.07) is 19.5. The first-order valence-corrected chi connectivity index (χ1v) is 8.62. The maximum atomic E-state index is 12.1. The van der Waals surface area contributed by atoms with Gasteiger partial charge in [-0.1, -0.05) is 41.9 Å². The molecule has 1 heterocycles. The predicted octanol–water partition coefficient (Wildman–Crippen LogP) is 5.03. The highest BCUT2D eigenvalue weighted by Gasteiger charge is 2.14. The van der Waals surface area contributed by atoms with Crippen molar-refractivity contribution in [2.24, 2.45) is 0 Å². The zero-order valence-electron chi connectivity index (χ0n) is 14.1. The van der Waals surface area contributed by atoms with E-state index >= 15 is 0 Å². The van der Waals surface area contributed by atoms with Gasteiger partial charge >= 0.3 is 5.97 Å². The number of amides is 1. The zero-order valence-corrected chi connectivity index (χ0v) is 14.8. The monoisotopic (exact) mass is 379 g/mol. The molecule has 6 heteroatoms. The van der Waals surface area contributed by atoms with E-state index in [9.17, 15) is 9.59 Å². The van der Waals surface area contributed by atoms with Crippen molar-refractivity contribution in [2.75, 3.05) is 11.9 Å². The zero-order chi connectivity index (χ0) is 18.8. The maximum absolute atomic E-state index is 12.1. The van der Waals surface area contributed by atoms with Crippen molar-refractivity contribution in [3.8, 4) is 0 Å². The van der Waals surface area contributed by atoms with Crippen LogP contribution < -0.4 is 5.32 Å². The molecule has 0 spiro atoms. The average Bonchev–Trinajstić information content (AvgIpc) is 3.04. The number of ether oxygens (including phenoxy) is 1.